The minimum absolute atomic E-state index is 0.0889. The first-order valence-electron chi connectivity index (χ1n) is 6.25. The van der Waals surface area contributed by atoms with Gasteiger partial charge in [0.15, 0.2) is 11.5 Å². The van der Waals surface area contributed by atoms with Crippen molar-refractivity contribution in [2.75, 3.05) is 14.2 Å². The molecule has 1 unspecified atom stereocenters. The fourth-order valence-electron chi connectivity index (χ4n) is 2.23. The minimum atomic E-state index is -0.960. The van der Waals surface area contributed by atoms with Gasteiger partial charge in [0, 0.05) is 11.6 Å². The quantitative estimate of drug-likeness (QED) is 0.844. The molecule has 0 amide bonds. The normalized spacial score (nSPS) is 12.3. The topological polar surface area (TPSA) is 81.8 Å². The number of carboxylic acid groups (broad SMARTS) is 1. The third kappa shape index (κ3) is 3.35. The van der Waals surface area contributed by atoms with Crippen molar-refractivity contribution in [2.24, 2.45) is 5.73 Å². The Balaban J connectivity index is 3.50. The van der Waals surface area contributed by atoms with E-state index in [2.05, 4.69) is 0 Å². The molecular weight excluding hydrogens is 282 g/mol. The first-order valence-corrected chi connectivity index (χ1v) is 6.62. The Hall–Kier alpha value is -1.46. The molecule has 1 aromatic carbocycles. The molecule has 0 aliphatic carbocycles. The Morgan fingerprint density at radius 1 is 1.35 bits per heavy atom. The maximum atomic E-state index is 10.9. The third-order valence-corrected chi connectivity index (χ3v) is 3.32. The summed E-state index contributed by atoms with van der Waals surface area (Å²) in [5, 5.41) is 9.25. The summed E-state index contributed by atoms with van der Waals surface area (Å²) in [4.78, 5) is 10.9. The standard InChI is InChI=1S/C14H20ClNO4/c1-7(2)12-8(10(16)6-11(17)18)5-9(15)13(19-3)14(12)20-4/h5,7,10H,6,16H2,1-4H3,(H,17,18). The number of aliphatic carboxylic acids is 1. The van der Waals surface area contributed by atoms with Crippen molar-refractivity contribution in [3.8, 4) is 11.5 Å². The van der Waals surface area contributed by atoms with Crippen molar-refractivity contribution in [1.82, 2.24) is 0 Å². The van der Waals surface area contributed by atoms with Crippen LogP contribution in [0.1, 0.15) is 43.4 Å². The van der Waals surface area contributed by atoms with Crippen molar-refractivity contribution in [3.05, 3.63) is 22.2 Å². The molecule has 3 N–H and O–H groups in total. The monoisotopic (exact) mass is 301 g/mol. The van der Waals surface area contributed by atoms with Gasteiger partial charge in [-0.15, -0.1) is 0 Å². The lowest BCUT2D eigenvalue weighted by Crippen LogP contribution is -2.18. The van der Waals surface area contributed by atoms with Gasteiger partial charge in [-0.3, -0.25) is 4.79 Å². The lowest BCUT2D eigenvalue weighted by Gasteiger charge is -2.23. The summed E-state index contributed by atoms with van der Waals surface area (Å²) in [5.74, 6) is 0.0686. The van der Waals surface area contributed by atoms with Crippen LogP contribution >= 0.6 is 11.6 Å². The summed E-state index contributed by atoms with van der Waals surface area (Å²) < 4.78 is 10.7. The summed E-state index contributed by atoms with van der Waals surface area (Å²) in [6.45, 7) is 3.95. The lowest BCUT2D eigenvalue weighted by atomic mass is 9.90. The van der Waals surface area contributed by atoms with E-state index in [-0.39, 0.29) is 12.3 Å². The summed E-state index contributed by atoms with van der Waals surface area (Å²) in [6.07, 6.45) is -0.175. The van der Waals surface area contributed by atoms with E-state index >= 15 is 0 Å². The average Bonchev–Trinajstić information content (AvgIpc) is 2.35. The second-order valence-electron chi connectivity index (χ2n) is 4.79. The maximum Gasteiger partial charge on any atom is 0.305 e. The van der Waals surface area contributed by atoms with Crippen LogP contribution in [-0.2, 0) is 4.79 Å². The Bertz CT molecular complexity index is 502. The SMILES string of the molecule is COc1c(Cl)cc(C(N)CC(=O)O)c(C(C)C)c1OC. The third-order valence-electron chi connectivity index (χ3n) is 3.04. The van der Waals surface area contributed by atoms with Crippen LogP contribution < -0.4 is 15.2 Å². The molecule has 6 heteroatoms. The van der Waals surface area contributed by atoms with Gasteiger partial charge < -0.3 is 20.3 Å². The number of methoxy groups -OCH3 is 2. The van der Waals surface area contributed by atoms with Crippen molar-refractivity contribution < 1.29 is 19.4 Å². The summed E-state index contributed by atoms with van der Waals surface area (Å²) in [5.41, 5.74) is 7.48. The Morgan fingerprint density at radius 3 is 2.30 bits per heavy atom. The van der Waals surface area contributed by atoms with Gasteiger partial charge >= 0.3 is 5.97 Å². The number of ether oxygens (including phenoxy) is 2. The average molecular weight is 302 g/mol. The van der Waals surface area contributed by atoms with Crippen LogP contribution in [0, 0.1) is 0 Å². The Morgan fingerprint density at radius 2 is 1.90 bits per heavy atom. The highest BCUT2D eigenvalue weighted by Crippen LogP contribution is 2.44. The van der Waals surface area contributed by atoms with Crippen LogP contribution in [0.15, 0.2) is 6.07 Å². The smallest absolute Gasteiger partial charge is 0.305 e. The van der Waals surface area contributed by atoms with Crippen molar-refractivity contribution in [1.29, 1.82) is 0 Å². The number of benzene rings is 1. The van der Waals surface area contributed by atoms with E-state index in [1.165, 1.54) is 14.2 Å². The fraction of sp³-hybridized carbons (Fsp3) is 0.500. The lowest BCUT2D eigenvalue weighted by molar-refractivity contribution is -0.137. The molecule has 0 bridgehead atoms. The molecule has 1 aromatic rings. The van der Waals surface area contributed by atoms with Crippen LogP contribution in [0.5, 0.6) is 11.5 Å². The Kier molecular flexibility index (Phi) is 5.65. The molecule has 0 heterocycles. The van der Waals surface area contributed by atoms with E-state index in [0.29, 0.717) is 22.1 Å². The number of nitrogens with two attached hydrogens (primary N) is 1. The predicted octanol–water partition coefficient (Wildman–Crippen LogP) is 2.96. The molecule has 0 saturated heterocycles. The van der Waals surface area contributed by atoms with Crippen LogP contribution in [0.2, 0.25) is 5.02 Å². The number of halogens is 1. The molecule has 0 spiro atoms. The largest absolute Gasteiger partial charge is 0.492 e. The highest BCUT2D eigenvalue weighted by molar-refractivity contribution is 6.32. The molecule has 0 aliphatic heterocycles. The van der Waals surface area contributed by atoms with Crippen molar-refractivity contribution in [2.45, 2.75) is 32.2 Å². The van der Waals surface area contributed by atoms with Gasteiger partial charge in [0.25, 0.3) is 0 Å². The second-order valence-corrected chi connectivity index (χ2v) is 5.19. The summed E-state index contributed by atoms with van der Waals surface area (Å²) in [6, 6.07) is 1.01. The highest BCUT2D eigenvalue weighted by atomic mass is 35.5. The zero-order chi connectivity index (χ0) is 15.4. The summed E-state index contributed by atoms with van der Waals surface area (Å²) >= 11 is 6.16. The number of carboxylic acids is 1. The predicted molar refractivity (Wildman–Crippen MR) is 77.8 cm³/mol. The molecule has 0 saturated carbocycles. The number of rotatable bonds is 6. The van der Waals surface area contributed by atoms with E-state index in [4.69, 9.17) is 31.9 Å². The molecule has 0 radical (unpaired) electrons. The van der Waals surface area contributed by atoms with Crippen molar-refractivity contribution in [3.63, 3.8) is 0 Å². The molecule has 0 aromatic heterocycles. The Labute approximate surface area is 123 Å². The zero-order valence-electron chi connectivity index (χ0n) is 12.1. The first-order chi connectivity index (χ1) is 9.33. The molecular formula is C14H20ClNO4. The van der Waals surface area contributed by atoms with Crippen LogP contribution in [0.4, 0.5) is 0 Å². The van der Waals surface area contributed by atoms with E-state index in [1.807, 2.05) is 13.8 Å². The van der Waals surface area contributed by atoms with E-state index < -0.39 is 12.0 Å². The molecule has 20 heavy (non-hydrogen) atoms. The van der Waals surface area contributed by atoms with Gasteiger partial charge in [0.2, 0.25) is 0 Å². The molecule has 112 valence electrons. The molecule has 0 aliphatic rings. The first kappa shape index (κ1) is 16.6. The maximum absolute atomic E-state index is 10.9. The molecule has 0 fully saturated rings. The van der Waals surface area contributed by atoms with E-state index in [1.54, 1.807) is 6.07 Å². The van der Waals surface area contributed by atoms with E-state index in [9.17, 15) is 4.79 Å². The minimum Gasteiger partial charge on any atom is -0.492 e. The summed E-state index contributed by atoms with van der Waals surface area (Å²) in [7, 11) is 3.03. The number of carbonyl (C=O) groups is 1. The highest BCUT2D eigenvalue weighted by Gasteiger charge is 2.25. The molecule has 5 nitrogen and oxygen atoms in total. The van der Waals surface area contributed by atoms with Crippen LogP contribution in [0.3, 0.4) is 0 Å². The number of hydrogen-bond acceptors (Lipinski definition) is 4. The zero-order valence-corrected chi connectivity index (χ0v) is 12.8. The van der Waals surface area contributed by atoms with Crippen LogP contribution in [0.25, 0.3) is 0 Å². The van der Waals surface area contributed by atoms with Crippen LogP contribution in [-0.4, -0.2) is 25.3 Å². The van der Waals surface area contributed by atoms with Gasteiger partial charge in [-0.2, -0.15) is 0 Å². The van der Waals surface area contributed by atoms with Gasteiger partial charge in [-0.1, -0.05) is 25.4 Å². The van der Waals surface area contributed by atoms with Crippen molar-refractivity contribution >= 4 is 17.6 Å². The molecule has 1 atom stereocenters. The van der Waals surface area contributed by atoms with Gasteiger partial charge in [0.1, 0.15) is 0 Å². The second kappa shape index (κ2) is 6.81. The van der Waals surface area contributed by atoms with Gasteiger partial charge in [-0.05, 0) is 17.5 Å². The fourth-order valence-corrected chi connectivity index (χ4v) is 2.52. The van der Waals surface area contributed by atoms with E-state index in [0.717, 1.165) is 5.56 Å². The number of hydrogen-bond donors (Lipinski definition) is 2. The van der Waals surface area contributed by atoms with Gasteiger partial charge in [-0.25, -0.2) is 0 Å². The molecule has 1 rings (SSSR count). The van der Waals surface area contributed by atoms with Gasteiger partial charge in [0.05, 0.1) is 25.7 Å².